The van der Waals surface area contributed by atoms with Crippen LogP contribution in [0.5, 0.6) is 0 Å². The molecule has 0 aromatic heterocycles. The second kappa shape index (κ2) is 4.25. The first-order valence-corrected chi connectivity index (χ1v) is 4.93. The number of hydrogen-bond acceptors (Lipinski definition) is 2. The van der Waals surface area contributed by atoms with E-state index in [2.05, 4.69) is 10.7 Å². The van der Waals surface area contributed by atoms with Crippen molar-refractivity contribution in [3.63, 3.8) is 0 Å². The quantitative estimate of drug-likeness (QED) is 0.834. The summed E-state index contributed by atoms with van der Waals surface area (Å²) in [5.41, 5.74) is 3.27. The fraction of sp³-hybridized carbons (Fsp3) is 0.300. The first-order chi connectivity index (χ1) is 7.97. The first kappa shape index (κ1) is 11.7. The van der Waals surface area contributed by atoms with Crippen LogP contribution in [-0.4, -0.2) is 18.8 Å². The molecule has 0 radical (unpaired) electrons. The van der Waals surface area contributed by atoms with Gasteiger partial charge in [0.1, 0.15) is 6.54 Å². The lowest BCUT2D eigenvalue weighted by atomic mass is 10.1. The molecule has 0 fully saturated rings. The zero-order valence-corrected chi connectivity index (χ0v) is 8.71. The van der Waals surface area contributed by atoms with Crippen LogP contribution in [0.4, 0.5) is 23.7 Å². The Kier molecular flexibility index (Phi) is 2.93. The van der Waals surface area contributed by atoms with Gasteiger partial charge in [-0.2, -0.15) is 13.2 Å². The van der Waals surface area contributed by atoms with Crippen molar-refractivity contribution in [3.05, 3.63) is 29.8 Å². The first-order valence-electron chi connectivity index (χ1n) is 4.93. The topological polar surface area (TPSA) is 44.4 Å². The van der Waals surface area contributed by atoms with E-state index in [1.54, 1.807) is 24.3 Å². The molecule has 0 aliphatic carbocycles. The second-order valence-corrected chi connectivity index (χ2v) is 3.57. The van der Waals surface area contributed by atoms with E-state index in [9.17, 15) is 18.0 Å². The van der Waals surface area contributed by atoms with Crippen molar-refractivity contribution >= 4 is 11.7 Å². The SMILES string of the molecule is O=C1NCc2ccccc2N1NCC(F)(F)F. The number of carbonyl (C=O) groups excluding carboxylic acids is 1. The Bertz CT molecular complexity index is 433. The molecule has 0 spiro atoms. The average molecular weight is 245 g/mol. The number of urea groups is 1. The molecule has 1 aromatic carbocycles. The van der Waals surface area contributed by atoms with Crippen molar-refractivity contribution in [2.45, 2.75) is 12.7 Å². The van der Waals surface area contributed by atoms with E-state index in [4.69, 9.17) is 0 Å². The van der Waals surface area contributed by atoms with Crippen molar-refractivity contribution in [3.8, 4) is 0 Å². The van der Waals surface area contributed by atoms with Crippen molar-refractivity contribution < 1.29 is 18.0 Å². The number of nitrogens with one attached hydrogen (secondary N) is 2. The summed E-state index contributed by atoms with van der Waals surface area (Å²) in [6.45, 7) is -0.937. The van der Waals surface area contributed by atoms with Crippen LogP contribution in [0, 0.1) is 0 Å². The van der Waals surface area contributed by atoms with E-state index < -0.39 is 18.8 Å². The number of carbonyl (C=O) groups is 1. The van der Waals surface area contributed by atoms with Crippen LogP contribution < -0.4 is 15.8 Å². The molecular formula is C10H10F3N3O. The van der Waals surface area contributed by atoms with Crippen LogP contribution in [0.3, 0.4) is 0 Å². The number of nitrogens with zero attached hydrogens (tertiary/aromatic N) is 1. The van der Waals surface area contributed by atoms with Gasteiger partial charge in [0.2, 0.25) is 0 Å². The lowest BCUT2D eigenvalue weighted by Gasteiger charge is -2.30. The molecule has 2 N–H and O–H groups in total. The van der Waals surface area contributed by atoms with E-state index >= 15 is 0 Å². The molecule has 0 atom stereocenters. The minimum absolute atomic E-state index is 0.319. The molecule has 17 heavy (non-hydrogen) atoms. The highest BCUT2D eigenvalue weighted by molar-refractivity contribution is 5.93. The predicted molar refractivity (Wildman–Crippen MR) is 55.2 cm³/mol. The normalized spacial score (nSPS) is 15.5. The highest BCUT2D eigenvalue weighted by Crippen LogP contribution is 2.23. The molecular weight excluding hydrogens is 235 g/mol. The van der Waals surface area contributed by atoms with Crippen molar-refractivity contribution in [2.75, 3.05) is 11.6 Å². The summed E-state index contributed by atoms with van der Waals surface area (Å²) in [5, 5.41) is 3.36. The highest BCUT2D eigenvalue weighted by Gasteiger charge is 2.31. The lowest BCUT2D eigenvalue weighted by Crippen LogP contribution is -2.53. The van der Waals surface area contributed by atoms with Gasteiger partial charge in [0.25, 0.3) is 0 Å². The zero-order valence-electron chi connectivity index (χ0n) is 8.71. The van der Waals surface area contributed by atoms with Gasteiger partial charge in [-0.05, 0) is 11.6 Å². The van der Waals surface area contributed by atoms with Gasteiger partial charge in [-0.15, -0.1) is 0 Å². The third-order valence-corrected chi connectivity index (χ3v) is 2.30. The number of hydrogen-bond donors (Lipinski definition) is 2. The molecule has 2 amide bonds. The molecule has 7 heteroatoms. The number of halogens is 3. The summed E-state index contributed by atoms with van der Waals surface area (Å²) >= 11 is 0. The van der Waals surface area contributed by atoms with Crippen molar-refractivity contribution in [1.29, 1.82) is 0 Å². The summed E-state index contributed by atoms with van der Waals surface area (Å²) in [5.74, 6) is 0. The monoisotopic (exact) mass is 245 g/mol. The predicted octanol–water partition coefficient (Wildman–Crippen LogP) is 1.78. The van der Waals surface area contributed by atoms with E-state index in [1.165, 1.54) is 0 Å². The van der Waals surface area contributed by atoms with Gasteiger partial charge < -0.3 is 5.32 Å². The molecule has 0 bridgehead atoms. The van der Waals surface area contributed by atoms with Gasteiger partial charge in [-0.25, -0.2) is 15.2 Å². The number of benzene rings is 1. The average Bonchev–Trinajstić information content (AvgIpc) is 2.26. The molecule has 92 valence electrons. The Labute approximate surface area is 95.4 Å². The lowest BCUT2D eigenvalue weighted by molar-refractivity contribution is -0.124. The molecule has 1 aromatic rings. The maximum absolute atomic E-state index is 12.1. The fourth-order valence-electron chi connectivity index (χ4n) is 1.56. The second-order valence-electron chi connectivity index (χ2n) is 3.57. The molecule has 0 unspecified atom stereocenters. The molecule has 1 aliphatic heterocycles. The van der Waals surface area contributed by atoms with Gasteiger partial charge >= 0.3 is 12.2 Å². The number of anilines is 1. The van der Waals surface area contributed by atoms with Crippen LogP contribution in [-0.2, 0) is 6.54 Å². The van der Waals surface area contributed by atoms with Crippen LogP contribution in [0.25, 0.3) is 0 Å². The summed E-state index contributed by atoms with van der Waals surface area (Å²) in [7, 11) is 0. The Morgan fingerprint density at radius 2 is 2.06 bits per heavy atom. The van der Waals surface area contributed by atoms with Crippen LogP contribution in [0.15, 0.2) is 24.3 Å². The van der Waals surface area contributed by atoms with Crippen LogP contribution >= 0.6 is 0 Å². The third-order valence-electron chi connectivity index (χ3n) is 2.30. The fourth-order valence-corrected chi connectivity index (χ4v) is 1.56. The minimum atomic E-state index is -4.37. The molecule has 1 heterocycles. The highest BCUT2D eigenvalue weighted by atomic mass is 19.4. The number of fused-ring (bicyclic) bond motifs is 1. The van der Waals surface area contributed by atoms with Gasteiger partial charge in [-0.3, -0.25) is 0 Å². The minimum Gasteiger partial charge on any atom is -0.332 e. The summed E-state index contributed by atoms with van der Waals surface area (Å²) in [6.07, 6.45) is -4.37. The molecule has 1 aliphatic rings. The van der Waals surface area contributed by atoms with E-state index in [1.807, 2.05) is 0 Å². The standard InChI is InChI=1S/C10H10F3N3O/c11-10(12,13)6-15-16-8-4-2-1-3-7(8)5-14-9(16)17/h1-4,15H,5-6H2,(H,14,17). The zero-order chi connectivity index (χ0) is 12.5. The van der Waals surface area contributed by atoms with Crippen LogP contribution in [0.1, 0.15) is 5.56 Å². The Morgan fingerprint density at radius 1 is 1.35 bits per heavy atom. The van der Waals surface area contributed by atoms with E-state index in [0.717, 1.165) is 10.6 Å². The summed E-state index contributed by atoms with van der Waals surface area (Å²) in [4.78, 5) is 11.5. The number of hydrazine groups is 1. The third kappa shape index (κ3) is 2.68. The smallest absolute Gasteiger partial charge is 0.332 e. The van der Waals surface area contributed by atoms with E-state index in [0.29, 0.717) is 12.2 Å². The maximum atomic E-state index is 12.1. The largest absolute Gasteiger partial charge is 0.402 e. The Balaban J connectivity index is 2.18. The maximum Gasteiger partial charge on any atom is 0.402 e. The summed E-state index contributed by atoms with van der Waals surface area (Å²) < 4.78 is 36.3. The van der Waals surface area contributed by atoms with Crippen molar-refractivity contribution in [2.24, 2.45) is 0 Å². The van der Waals surface area contributed by atoms with Crippen LogP contribution in [0.2, 0.25) is 0 Å². The number of amides is 2. The molecule has 4 nitrogen and oxygen atoms in total. The van der Waals surface area contributed by atoms with Crippen molar-refractivity contribution in [1.82, 2.24) is 10.7 Å². The Morgan fingerprint density at radius 3 is 2.76 bits per heavy atom. The number of rotatable bonds is 2. The summed E-state index contributed by atoms with van der Waals surface area (Å²) in [6, 6.07) is 6.18. The molecule has 0 saturated carbocycles. The van der Waals surface area contributed by atoms with Gasteiger partial charge in [-0.1, -0.05) is 18.2 Å². The van der Waals surface area contributed by atoms with Gasteiger partial charge in [0.15, 0.2) is 0 Å². The number of para-hydroxylation sites is 1. The van der Waals surface area contributed by atoms with E-state index in [-0.39, 0.29) is 0 Å². The molecule has 0 saturated heterocycles. The molecule has 2 rings (SSSR count). The number of alkyl halides is 3. The Hall–Kier alpha value is -1.76. The van der Waals surface area contributed by atoms with Gasteiger partial charge in [0, 0.05) is 6.54 Å². The van der Waals surface area contributed by atoms with Gasteiger partial charge in [0.05, 0.1) is 5.69 Å².